The van der Waals surface area contributed by atoms with Gasteiger partial charge < -0.3 is 15.5 Å². The Labute approximate surface area is 252 Å². The first-order valence-electron chi connectivity index (χ1n) is 12.0. The summed E-state index contributed by atoms with van der Waals surface area (Å²) in [6, 6.07) is 6.54. The smallest absolute Gasteiger partial charge is 0.416 e. The maximum Gasteiger partial charge on any atom is 0.416 e. The highest BCUT2D eigenvalue weighted by Crippen LogP contribution is 2.41. The number of anilines is 1. The fourth-order valence-electron chi connectivity index (χ4n) is 4.00. The lowest BCUT2D eigenvalue weighted by molar-refractivity contribution is -0.143. The number of aliphatic hydroxyl groups excluding tert-OH is 1. The van der Waals surface area contributed by atoms with Crippen LogP contribution < -0.4 is 5.32 Å². The third kappa shape index (κ3) is 7.44. The monoisotopic (exact) mass is 660 g/mol. The maximum atomic E-state index is 13.3. The van der Waals surface area contributed by atoms with Gasteiger partial charge in [0.25, 0.3) is 5.91 Å². The minimum Gasteiger partial charge on any atom is -0.478 e. The van der Waals surface area contributed by atoms with Gasteiger partial charge in [-0.2, -0.15) is 26.3 Å². The van der Waals surface area contributed by atoms with Crippen molar-refractivity contribution in [3.8, 4) is 11.1 Å². The number of amides is 2. The molecule has 7 nitrogen and oxygen atoms in total. The molecular weight excluding hydrogens is 642 g/mol. The summed E-state index contributed by atoms with van der Waals surface area (Å²) >= 11 is 7.09. The number of carbonyl (C=O) groups excluding carboxylic acids is 2. The first kappa shape index (κ1) is 32.2. The summed E-state index contributed by atoms with van der Waals surface area (Å²) in [7, 11) is 0. The molecule has 3 N–H and O–H groups in total. The number of nitrogens with one attached hydrogen (secondary N) is 1. The molecule has 0 aliphatic carbocycles. The summed E-state index contributed by atoms with van der Waals surface area (Å²) in [5.41, 5.74) is -2.96. The molecule has 16 heteroatoms. The van der Waals surface area contributed by atoms with E-state index >= 15 is 0 Å². The molecule has 226 valence electrons. The molecule has 1 aliphatic heterocycles. The van der Waals surface area contributed by atoms with Gasteiger partial charge >= 0.3 is 18.3 Å². The molecule has 1 aromatic heterocycles. The fourth-order valence-corrected chi connectivity index (χ4v) is 6.27. The van der Waals surface area contributed by atoms with Gasteiger partial charge in [0.2, 0.25) is 5.91 Å². The zero-order chi connectivity index (χ0) is 31.7. The molecule has 2 heterocycles. The van der Waals surface area contributed by atoms with Crippen molar-refractivity contribution in [3.63, 3.8) is 0 Å². The molecule has 0 unspecified atom stereocenters. The Morgan fingerprint density at radius 3 is 2.12 bits per heavy atom. The van der Waals surface area contributed by atoms with Gasteiger partial charge in [-0.3, -0.25) is 14.5 Å². The Kier molecular flexibility index (Phi) is 9.34. The third-order valence-electron chi connectivity index (χ3n) is 6.05. The summed E-state index contributed by atoms with van der Waals surface area (Å²) in [5.74, 6) is -2.57. The van der Waals surface area contributed by atoms with Gasteiger partial charge in [0.05, 0.1) is 21.6 Å². The van der Waals surface area contributed by atoms with Gasteiger partial charge in [0.15, 0.2) is 0 Å². The summed E-state index contributed by atoms with van der Waals surface area (Å²) in [5, 5.41) is 22.5. The predicted molar refractivity (Wildman–Crippen MR) is 152 cm³/mol. The van der Waals surface area contributed by atoms with Crippen LogP contribution >= 0.6 is 35.3 Å². The van der Waals surface area contributed by atoms with Gasteiger partial charge in [0.1, 0.15) is 10.4 Å². The number of rotatable bonds is 8. The molecule has 1 atom stereocenters. The van der Waals surface area contributed by atoms with Crippen LogP contribution in [0.25, 0.3) is 17.2 Å². The molecule has 2 aromatic carbocycles. The molecule has 1 fully saturated rings. The normalized spacial score (nSPS) is 15.7. The van der Waals surface area contributed by atoms with Crippen molar-refractivity contribution in [2.45, 2.75) is 24.8 Å². The lowest BCUT2D eigenvalue weighted by Crippen LogP contribution is -2.46. The van der Waals surface area contributed by atoms with E-state index in [0.29, 0.717) is 17.0 Å². The van der Waals surface area contributed by atoms with Crippen LogP contribution in [0.4, 0.5) is 32.0 Å². The number of carbonyl (C=O) groups is 3. The van der Waals surface area contributed by atoms with Crippen LogP contribution in [-0.2, 0) is 21.9 Å². The van der Waals surface area contributed by atoms with E-state index in [4.69, 9.17) is 17.3 Å². The van der Waals surface area contributed by atoms with E-state index in [1.165, 1.54) is 41.8 Å². The second kappa shape index (κ2) is 12.5. The molecule has 0 radical (unpaired) electrons. The largest absolute Gasteiger partial charge is 0.478 e. The molecule has 1 aliphatic rings. The Balaban J connectivity index is 1.58. The SMILES string of the molecule is O=C(O)c1ccc(NC(=O)[C@@H](CCO)N2C(=O)/C(=C/c3cc(-c4cc(C(F)(F)F)cc(C(F)(F)F)c4)cs3)SC2=S)cc1. The van der Waals surface area contributed by atoms with Crippen LogP contribution in [0.2, 0.25) is 0 Å². The maximum absolute atomic E-state index is 13.3. The number of benzene rings is 2. The summed E-state index contributed by atoms with van der Waals surface area (Å²) in [6.45, 7) is -0.489. The van der Waals surface area contributed by atoms with Crippen molar-refractivity contribution in [1.29, 1.82) is 0 Å². The fraction of sp³-hybridized carbons (Fsp3) is 0.185. The molecule has 2 amide bonds. The lowest BCUT2D eigenvalue weighted by Gasteiger charge is -2.25. The Morgan fingerprint density at radius 2 is 1.58 bits per heavy atom. The van der Waals surface area contributed by atoms with Gasteiger partial charge in [-0.15, -0.1) is 11.3 Å². The van der Waals surface area contributed by atoms with E-state index in [1.807, 2.05) is 0 Å². The van der Waals surface area contributed by atoms with Crippen molar-refractivity contribution in [2.24, 2.45) is 0 Å². The van der Waals surface area contributed by atoms with Gasteiger partial charge in [-0.25, -0.2) is 4.79 Å². The van der Waals surface area contributed by atoms with E-state index in [0.717, 1.165) is 28.0 Å². The van der Waals surface area contributed by atoms with Crippen molar-refractivity contribution in [3.05, 3.63) is 80.4 Å². The first-order chi connectivity index (χ1) is 20.1. The van der Waals surface area contributed by atoms with Crippen molar-refractivity contribution >= 4 is 69.2 Å². The van der Waals surface area contributed by atoms with E-state index in [2.05, 4.69) is 5.32 Å². The van der Waals surface area contributed by atoms with Gasteiger partial charge in [-0.1, -0.05) is 24.0 Å². The zero-order valence-electron chi connectivity index (χ0n) is 21.3. The number of carboxylic acids is 1. The van der Waals surface area contributed by atoms with Crippen LogP contribution in [-0.4, -0.2) is 49.9 Å². The number of hydrogen-bond donors (Lipinski definition) is 3. The van der Waals surface area contributed by atoms with Crippen LogP contribution in [0.5, 0.6) is 0 Å². The number of aliphatic hydroxyl groups is 1. The number of thiophene rings is 1. The van der Waals surface area contributed by atoms with Crippen LogP contribution in [0.1, 0.15) is 32.8 Å². The quantitative estimate of drug-likeness (QED) is 0.140. The van der Waals surface area contributed by atoms with E-state index in [-0.39, 0.29) is 44.1 Å². The van der Waals surface area contributed by atoms with E-state index < -0.39 is 53.9 Å². The molecule has 0 spiro atoms. The molecule has 43 heavy (non-hydrogen) atoms. The Hall–Kier alpha value is -3.73. The number of halogens is 6. The van der Waals surface area contributed by atoms with Crippen molar-refractivity contribution < 1.29 is 50.9 Å². The van der Waals surface area contributed by atoms with Crippen molar-refractivity contribution in [2.75, 3.05) is 11.9 Å². The zero-order valence-corrected chi connectivity index (χ0v) is 23.8. The molecule has 1 saturated heterocycles. The number of thiocarbonyl (C=S) groups is 1. The van der Waals surface area contributed by atoms with Crippen LogP contribution in [0.15, 0.2) is 58.8 Å². The number of aromatic carboxylic acids is 1. The third-order valence-corrected chi connectivity index (χ3v) is 8.26. The average molecular weight is 661 g/mol. The first-order valence-corrected chi connectivity index (χ1v) is 14.1. The highest BCUT2D eigenvalue weighted by Gasteiger charge is 2.40. The number of hydrogen-bond acceptors (Lipinski definition) is 7. The number of carboxylic acid groups (broad SMARTS) is 1. The molecule has 0 saturated carbocycles. The number of alkyl halides is 6. The molecular formula is C27H18F6N2O5S3. The summed E-state index contributed by atoms with van der Waals surface area (Å²) in [4.78, 5) is 38.7. The van der Waals surface area contributed by atoms with Gasteiger partial charge in [0, 0.05) is 23.6 Å². The van der Waals surface area contributed by atoms with Crippen LogP contribution in [0, 0.1) is 0 Å². The molecule has 3 aromatic rings. The average Bonchev–Trinajstić information content (AvgIpc) is 3.50. The highest BCUT2D eigenvalue weighted by atomic mass is 32.2. The van der Waals surface area contributed by atoms with E-state index in [9.17, 15) is 45.8 Å². The molecule has 0 bridgehead atoms. The second-order valence-corrected chi connectivity index (χ2v) is 11.6. The topological polar surface area (TPSA) is 107 Å². The summed E-state index contributed by atoms with van der Waals surface area (Å²) < 4.78 is 79.7. The highest BCUT2D eigenvalue weighted by molar-refractivity contribution is 8.26. The predicted octanol–water partition coefficient (Wildman–Crippen LogP) is 6.74. The van der Waals surface area contributed by atoms with Crippen LogP contribution in [0.3, 0.4) is 0 Å². The minimum absolute atomic E-state index is 0.0161. The minimum atomic E-state index is -5.01. The molecule has 4 rings (SSSR count). The standard InChI is InChI=1S/C27H18F6N2O5S3/c28-26(29,30)16-7-14(8-17(10-16)27(31,32)33)15-9-19(42-12-15)11-21-23(38)35(25(41)43-21)20(5-6-36)22(37)34-18-3-1-13(2-4-18)24(39)40/h1-4,7-12,20,36H,5-6H2,(H,34,37)(H,39,40)/b21-11-/t20-/m1/s1. The number of nitrogens with zero attached hydrogens (tertiary/aromatic N) is 1. The second-order valence-electron chi connectivity index (χ2n) is 8.98. The number of thioether (sulfide) groups is 1. The Morgan fingerprint density at radius 1 is 0.977 bits per heavy atom. The van der Waals surface area contributed by atoms with Gasteiger partial charge in [-0.05, 0) is 71.1 Å². The summed E-state index contributed by atoms with van der Waals surface area (Å²) in [6.07, 6.45) is -8.87. The Bertz CT molecular complexity index is 1580. The van der Waals surface area contributed by atoms with E-state index in [1.54, 1.807) is 0 Å². The van der Waals surface area contributed by atoms with Crippen molar-refractivity contribution in [1.82, 2.24) is 4.90 Å². The lowest BCUT2D eigenvalue weighted by atomic mass is 10.0.